The SMILES string of the molecule is Cc1ccccc1S(=O)(O)=S. The van der Waals surface area contributed by atoms with Gasteiger partial charge in [-0.3, -0.25) is 0 Å². The van der Waals surface area contributed by atoms with Gasteiger partial charge in [0.2, 0.25) is 0 Å². The summed E-state index contributed by atoms with van der Waals surface area (Å²) in [5.41, 5.74) is 0.759. The number of rotatable bonds is 1. The Morgan fingerprint density at radius 1 is 1.45 bits per heavy atom. The normalized spacial score (nSPS) is 15.8. The highest BCUT2D eigenvalue weighted by Crippen LogP contribution is 2.13. The predicted molar refractivity (Wildman–Crippen MR) is 47.6 cm³/mol. The van der Waals surface area contributed by atoms with Gasteiger partial charge in [0.25, 0.3) is 0 Å². The summed E-state index contributed by atoms with van der Waals surface area (Å²) in [5, 5.41) is 0. The standard InChI is InChI=1S/C7H8O2S2/c1-6-4-2-3-5-7(6)11(8,9)10/h2-5H,1H3,(H,8,9,10). The summed E-state index contributed by atoms with van der Waals surface area (Å²) >= 11 is 4.42. The summed E-state index contributed by atoms with van der Waals surface area (Å²) < 4.78 is 20.0. The first-order valence-electron chi connectivity index (χ1n) is 3.05. The Labute approximate surface area is 70.8 Å². The molecule has 0 fully saturated rings. The van der Waals surface area contributed by atoms with E-state index in [9.17, 15) is 4.21 Å². The first-order chi connectivity index (χ1) is 5.02. The van der Waals surface area contributed by atoms with Gasteiger partial charge >= 0.3 is 0 Å². The van der Waals surface area contributed by atoms with Crippen molar-refractivity contribution in [1.82, 2.24) is 0 Å². The van der Waals surface area contributed by atoms with Crippen LogP contribution in [0.2, 0.25) is 0 Å². The van der Waals surface area contributed by atoms with Crippen molar-refractivity contribution in [1.29, 1.82) is 0 Å². The molecule has 0 aliphatic carbocycles. The zero-order chi connectivity index (χ0) is 8.48. The third-order valence-corrected chi connectivity index (χ3v) is 2.92. The lowest BCUT2D eigenvalue weighted by Gasteiger charge is -2.01. The molecule has 0 amide bonds. The van der Waals surface area contributed by atoms with Crippen LogP contribution in [0.4, 0.5) is 0 Å². The van der Waals surface area contributed by atoms with Gasteiger partial charge in [-0.15, -0.1) is 0 Å². The van der Waals surface area contributed by atoms with Crippen LogP contribution in [0.25, 0.3) is 0 Å². The fourth-order valence-corrected chi connectivity index (χ4v) is 2.13. The van der Waals surface area contributed by atoms with E-state index < -0.39 is 8.77 Å². The highest BCUT2D eigenvalue weighted by molar-refractivity contribution is 8.29. The fraction of sp³-hybridized carbons (Fsp3) is 0.143. The fourth-order valence-electron chi connectivity index (χ4n) is 0.846. The van der Waals surface area contributed by atoms with Crippen LogP contribution in [0.5, 0.6) is 0 Å². The first-order valence-corrected chi connectivity index (χ1v) is 5.49. The van der Waals surface area contributed by atoms with Crippen LogP contribution in [-0.2, 0) is 20.0 Å². The van der Waals surface area contributed by atoms with E-state index in [0.717, 1.165) is 5.56 Å². The summed E-state index contributed by atoms with van der Waals surface area (Å²) in [6.07, 6.45) is 0. The third-order valence-electron chi connectivity index (χ3n) is 1.37. The molecule has 0 saturated heterocycles. The average Bonchev–Trinajstić information content (AvgIpc) is 1.86. The van der Waals surface area contributed by atoms with Crippen molar-refractivity contribution in [2.75, 3.05) is 0 Å². The van der Waals surface area contributed by atoms with Gasteiger partial charge in [-0.25, -0.2) is 4.21 Å². The van der Waals surface area contributed by atoms with Crippen molar-refractivity contribution < 1.29 is 8.76 Å². The summed E-state index contributed by atoms with van der Waals surface area (Å²) in [6.45, 7) is 1.76. The zero-order valence-corrected chi connectivity index (χ0v) is 7.61. The molecule has 11 heavy (non-hydrogen) atoms. The van der Waals surface area contributed by atoms with Crippen molar-refractivity contribution >= 4 is 20.0 Å². The van der Waals surface area contributed by atoms with E-state index in [1.807, 2.05) is 0 Å². The maximum absolute atomic E-state index is 11.0. The van der Waals surface area contributed by atoms with Crippen LogP contribution in [0.1, 0.15) is 5.56 Å². The molecule has 1 N–H and O–H groups in total. The number of aryl methyl sites for hydroxylation is 1. The highest BCUT2D eigenvalue weighted by atomic mass is 32.8. The number of hydrogen-bond donors (Lipinski definition) is 1. The van der Waals surface area contributed by atoms with Crippen LogP contribution < -0.4 is 0 Å². The molecule has 0 heterocycles. The lowest BCUT2D eigenvalue weighted by molar-refractivity contribution is 0.561. The van der Waals surface area contributed by atoms with Gasteiger partial charge in [-0.05, 0) is 18.6 Å². The largest absolute Gasteiger partial charge is 0.302 e. The van der Waals surface area contributed by atoms with Gasteiger partial charge < -0.3 is 4.55 Å². The molecule has 0 radical (unpaired) electrons. The molecule has 1 aromatic rings. The van der Waals surface area contributed by atoms with E-state index >= 15 is 0 Å². The second kappa shape index (κ2) is 2.89. The van der Waals surface area contributed by atoms with Gasteiger partial charge in [0.05, 0.1) is 4.90 Å². The lowest BCUT2D eigenvalue weighted by Crippen LogP contribution is -1.98. The van der Waals surface area contributed by atoms with Crippen LogP contribution in [-0.4, -0.2) is 8.76 Å². The Morgan fingerprint density at radius 3 is 2.36 bits per heavy atom. The van der Waals surface area contributed by atoms with Crippen molar-refractivity contribution in [3.05, 3.63) is 29.8 Å². The third kappa shape index (κ3) is 1.99. The highest BCUT2D eigenvalue weighted by Gasteiger charge is 2.06. The van der Waals surface area contributed by atoms with Gasteiger partial charge in [-0.1, -0.05) is 18.2 Å². The minimum absolute atomic E-state index is 0.343. The van der Waals surface area contributed by atoms with Crippen molar-refractivity contribution in [2.45, 2.75) is 11.8 Å². The molecule has 2 nitrogen and oxygen atoms in total. The minimum Gasteiger partial charge on any atom is -0.302 e. The monoisotopic (exact) mass is 188 g/mol. The summed E-state index contributed by atoms with van der Waals surface area (Å²) in [7, 11) is -3.20. The lowest BCUT2D eigenvalue weighted by atomic mass is 10.2. The molecule has 0 aliphatic heterocycles. The van der Waals surface area contributed by atoms with E-state index in [1.165, 1.54) is 0 Å². The predicted octanol–water partition coefficient (Wildman–Crippen LogP) is 1.57. The smallest absolute Gasteiger partial charge is 0.171 e. The first kappa shape index (κ1) is 8.64. The Bertz CT molecular complexity index is 354. The molecule has 1 unspecified atom stereocenters. The molecule has 0 bridgehead atoms. The average molecular weight is 188 g/mol. The van der Waals surface area contributed by atoms with Crippen LogP contribution >= 0.6 is 0 Å². The van der Waals surface area contributed by atoms with Crippen LogP contribution in [0.3, 0.4) is 0 Å². The van der Waals surface area contributed by atoms with Crippen molar-refractivity contribution in [3.8, 4) is 0 Å². The van der Waals surface area contributed by atoms with Crippen LogP contribution in [0.15, 0.2) is 29.2 Å². The maximum Gasteiger partial charge on any atom is 0.171 e. The Morgan fingerprint density at radius 2 is 2.00 bits per heavy atom. The van der Waals surface area contributed by atoms with E-state index in [0.29, 0.717) is 4.90 Å². The molecule has 4 heteroatoms. The molecule has 1 rings (SSSR count). The van der Waals surface area contributed by atoms with E-state index in [2.05, 4.69) is 11.2 Å². The van der Waals surface area contributed by atoms with Gasteiger partial charge in [0.15, 0.2) is 8.77 Å². The number of benzene rings is 1. The number of hydrogen-bond acceptors (Lipinski definition) is 2. The molecular weight excluding hydrogens is 180 g/mol. The Kier molecular flexibility index (Phi) is 2.27. The minimum atomic E-state index is -3.20. The zero-order valence-electron chi connectivity index (χ0n) is 5.98. The molecular formula is C7H8O2S2. The molecule has 0 aliphatic rings. The van der Waals surface area contributed by atoms with E-state index in [1.54, 1.807) is 31.2 Å². The molecule has 1 atom stereocenters. The molecule has 60 valence electrons. The molecule has 0 saturated carbocycles. The Balaban J connectivity index is 3.37. The van der Waals surface area contributed by atoms with Crippen molar-refractivity contribution in [2.24, 2.45) is 0 Å². The van der Waals surface area contributed by atoms with Crippen LogP contribution in [0, 0.1) is 6.92 Å². The molecule has 1 aromatic carbocycles. The summed E-state index contributed by atoms with van der Waals surface area (Å²) in [5.74, 6) is 0. The molecule has 0 spiro atoms. The summed E-state index contributed by atoms with van der Waals surface area (Å²) in [6, 6.07) is 6.84. The van der Waals surface area contributed by atoms with Gasteiger partial charge in [0.1, 0.15) is 0 Å². The second-order valence-electron chi connectivity index (χ2n) is 2.24. The quantitative estimate of drug-likeness (QED) is 0.727. The van der Waals surface area contributed by atoms with E-state index in [-0.39, 0.29) is 0 Å². The second-order valence-corrected chi connectivity index (χ2v) is 4.99. The molecule has 0 aromatic heterocycles. The van der Waals surface area contributed by atoms with Crippen molar-refractivity contribution in [3.63, 3.8) is 0 Å². The van der Waals surface area contributed by atoms with Gasteiger partial charge in [-0.2, -0.15) is 0 Å². The maximum atomic E-state index is 11.0. The van der Waals surface area contributed by atoms with Gasteiger partial charge in [0, 0.05) is 11.2 Å². The van der Waals surface area contributed by atoms with E-state index in [4.69, 9.17) is 4.55 Å². The topological polar surface area (TPSA) is 37.3 Å². The Hall–Kier alpha value is -0.450. The summed E-state index contributed by atoms with van der Waals surface area (Å²) in [4.78, 5) is 0.343.